The summed E-state index contributed by atoms with van der Waals surface area (Å²) in [7, 11) is 1.79. The lowest BCUT2D eigenvalue weighted by atomic mass is 10.1. The molecule has 0 saturated carbocycles. The largest absolute Gasteiger partial charge is 0.356 e. The molecule has 2 aromatic rings. The predicted octanol–water partition coefficient (Wildman–Crippen LogP) is 2.98. The number of hydrogen-bond acceptors (Lipinski definition) is 3. The number of guanidine groups is 1. The minimum atomic E-state index is 0. The van der Waals surface area contributed by atoms with E-state index in [1.165, 1.54) is 10.4 Å². The summed E-state index contributed by atoms with van der Waals surface area (Å²) < 4.78 is 0. The highest BCUT2D eigenvalue weighted by Gasteiger charge is 2.02. The van der Waals surface area contributed by atoms with Crippen molar-refractivity contribution in [2.45, 2.75) is 19.9 Å². The third-order valence-electron chi connectivity index (χ3n) is 3.03. The van der Waals surface area contributed by atoms with Crippen molar-refractivity contribution in [2.75, 3.05) is 13.6 Å². The van der Waals surface area contributed by atoms with Crippen molar-refractivity contribution in [3.63, 3.8) is 0 Å². The second-order valence-corrected chi connectivity index (χ2v) is 5.39. The number of aryl methyl sites for hydroxylation is 1. The summed E-state index contributed by atoms with van der Waals surface area (Å²) in [5, 5.41) is 6.63. The molecule has 0 atom stereocenters. The van der Waals surface area contributed by atoms with Crippen molar-refractivity contribution in [3.8, 4) is 0 Å². The molecule has 0 aliphatic rings. The Hall–Kier alpha value is -1.15. The SMILES string of the molecule is CN=C(NCCc1ccccc1)NCc1scnc1C.I. The number of thiazole rings is 1. The first kappa shape index (κ1) is 17.9. The van der Waals surface area contributed by atoms with Crippen molar-refractivity contribution >= 4 is 41.3 Å². The normalized spacial score (nSPS) is 10.9. The van der Waals surface area contributed by atoms with Gasteiger partial charge in [-0.05, 0) is 18.9 Å². The Balaban J connectivity index is 0.00000220. The van der Waals surface area contributed by atoms with E-state index in [1.54, 1.807) is 18.4 Å². The van der Waals surface area contributed by atoms with Crippen LogP contribution in [0.1, 0.15) is 16.1 Å². The molecule has 0 unspecified atom stereocenters. The molecule has 21 heavy (non-hydrogen) atoms. The summed E-state index contributed by atoms with van der Waals surface area (Å²) in [5.74, 6) is 0.828. The van der Waals surface area contributed by atoms with Gasteiger partial charge in [-0.15, -0.1) is 35.3 Å². The monoisotopic (exact) mass is 416 g/mol. The molecule has 0 bridgehead atoms. The molecule has 0 aliphatic heterocycles. The fraction of sp³-hybridized carbons (Fsp3) is 0.333. The molecule has 0 fully saturated rings. The average molecular weight is 416 g/mol. The van der Waals surface area contributed by atoms with Gasteiger partial charge >= 0.3 is 0 Å². The Labute approximate surface area is 147 Å². The summed E-state index contributed by atoms with van der Waals surface area (Å²) in [4.78, 5) is 9.71. The van der Waals surface area contributed by atoms with E-state index in [2.05, 4.69) is 44.9 Å². The molecule has 2 N–H and O–H groups in total. The van der Waals surface area contributed by atoms with Crippen LogP contribution in [0.5, 0.6) is 0 Å². The van der Waals surface area contributed by atoms with Crippen LogP contribution < -0.4 is 10.6 Å². The second kappa shape index (κ2) is 9.73. The topological polar surface area (TPSA) is 49.3 Å². The fourth-order valence-electron chi connectivity index (χ4n) is 1.85. The minimum Gasteiger partial charge on any atom is -0.356 e. The van der Waals surface area contributed by atoms with Crippen LogP contribution in [0.15, 0.2) is 40.8 Å². The van der Waals surface area contributed by atoms with E-state index in [1.807, 2.05) is 18.5 Å². The highest BCUT2D eigenvalue weighted by molar-refractivity contribution is 14.0. The van der Waals surface area contributed by atoms with Gasteiger partial charge in [-0.25, -0.2) is 4.98 Å². The third-order valence-corrected chi connectivity index (χ3v) is 3.97. The number of nitrogens with one attached hydrogen (secondary N) is 2. The van der Waals surface area contributed by atoms with Gasteiger partial charge in [0, 0.05) is 18.5 Å². The van der Waals surface area contributed by atoms with Crippen LogP contribution in [0.25, 0.3) is 0 Å². The van der Waals surface area contributed by atoms with E-state index in [0.29, 0.717) is 0 Å². The highest BCUT2D eigenvalue weighted by atomic mass is 127. The van der Waals surface area contributed by atoms with Crippen LogP contribution in [0.2, 0.25) is 0 Å². The average Bonchev–Trinajstić information content (AvgIpc) is 2.89. The van der Waals surface area contributed by atoms with Gasteiger partial charge in [0.2, 0.25) is 0 Å². The minimum absolute atomic E-state index is 0. The summed E-state index contributed by atoms with van der Waals surface area (Å²) >= 11 is 1.67. The fourth-order valence-corrected chi connectivity index (χ4v) is 2.57. The predicted molar refractivity (Wildman–Crippen MR) is 101 cm³/mol. The van der Waals surface area contributed by atoms with Crippen molar-refractivity contribution in [3.05, 3.63) is 52.0 Å². The smallest absolute Gasteiger partial charge is 0.191 e. The zero-order valence-electron chi connectivity index (χ0n) is 12.3. The van der Waals surface area contributed by atoms with Gasteiger partial charge in [0.25, 0.3) is 0 Å². The first-order valence-electron chi connectivity index (χ1n) is 6.67. The lowest BCUT2D eigenvalue weighted by Gasteiger charge is -2.11. The number of aliphatic imine (C=N–C) groups is 1. The standard InChI is InChI=1S/C15H20N4S.HI/c1-12-14(20-11-19-12)10-18-15(16-2)17-9-8-13-6-4-3-5-7-13;/h3-7,11H,8-10H2,1-2H3,(H2,16,17,18);1H. The van der Waals surface area contributed by atoms with E-state index in [0.717, 1.165) is 31.2 Å². The van der Waals surface area contributed by atoms with E-state index in [4.69, 9.17) is 0 Å². The van der Waals surface area contributed by atoms with E-state index < -0.39 is 0 Å². The van der Waals surface area contributed by atoms with Crippen molar-refractivity contribution in [1.82, 2.24) is 15.6 Å². The Kier molecular flexibility index (Phi) is 8.29. The second-order valence-electron chi connectivity index (χ2n) is 4.45. The molecule has 1 aromatic carbocycles. The van der Waals surface area contributed by atoms with Crippen LogP contribution in [-0.2, 0) is 13.0 Å². The van der Waals surface area contributed by atoms with Crippen LogP contribution in [0.4, 0.5) is 0 Å². The molecule has 1 aromatic heterocycles. The molecular weight excluding hydrogens is 395 g/mol. The van der Waals surface area contributed by atoms with Gasteiger partial charge in [-0.1, -0.05) is 30.3 Å². The molecule has 0 radical (unpaired) electrons. The molecule has 1 heterocycles. The van der Waals surface area contributed by atoms with Gasteiger partial charge in [-0.3, -0.25) is 4.99 Å². The van der Waals surface area contributed by atoms with Gasteiger partial charge in [0.05, 0.1) is 17.7 Å². The molecule has 4 nitrogen and oxygen atoms in total. The maximum atomic E-state index is 4.24. The van der Waals surface area contributed by atoms with Crippen LogP contribution >= 0.6 is 35.3 Å². The molecular formula is C15H21IN4S. The molecule has 0 aliphatic carbocycles. The van der Waals surface area contributed by atoms with Gasteiger partial charge < -0.3 is 10.6 Å². The van der Waals surface area contributed by atoms with Gasteiger partial charge in [0.1, 0.15) is 0 Å². The van der Waals surface area contributed by atoms with Gasteiger partial charge in [-0.2, -0.15) is 0 Å². The van der Waals surface area contributed by atoms with Crippen molar-refractivity contribution in [1.29, 1.82) is 0 Å². The van der Waals surface area contributed by atoms with Crippen LogP contribution in [0.3, 0.4) is 0 Å². The lowest BCUT2D eigenvalue weighted by Crippen LogP contribution is -2.37. The van der Waals surface area contributed by atoms with Crippen LogP contribution in [0, 0.1) is 6.92 Å². The Morgan fingerprint density at radius 2 is 2.00 bits per heavy atom. The number of hydrogen-bond donors (Lipinski definition) is 2. The first-order chi connectivity index (χ1) is 9.79. The number of halogens is 1. The number of aromatic nitrogens is 1. The quantitative estimate of drug-likeness (QED) is 0.448. The maximum Gasteiger partial charge on any atom is 0.191 e. The van der Waals surface area contributed by atoms with Crippen molar-refractivity contribution in [2.24, 2.45) is 4.99 Å². The molecule has 2 rings (SSSR count). The summed E-state index contributed by atoms with van der Waals surface area (Å²) in [5.41, 5.74) is 4.29. The number of benzene rings is 1. The number of rotatable bonds is 5. The molecule has 6 heteroatoms. The van der Waals surface area contributed by atoms with E-state index >= 15 is 0 Å². The Morgan fingerprint density at radius 3 is 2.62 bits per heavy atom. The third kappa shape index (κ3) is 6.01. The molecule has 0 spiro atoms. The zero-order valence-corrected chi connectivity index (χ0v) is 15.4. The lowest BCUT2D eigenvalue weighted by molar-refractivity contribution is 0.796. The molecule has 114 valence electrons. The summed E-state index contributed by atoms with van der Waals surface area (Å²) in [6.07, 6.45) is 0.987. The first-order valence-corrected chi connectivity index (χ1v) is 7.55. The van der Waals surface area contributed by atoms with E-state index in [-0.39, 0.29) is 24.0 Å². The molecule has 0 saturated heterocycles. The Bertz CT molecular complexity index is 554. The highest BCUT2D eigenvalue weighted by Crippen LogP contribution is 2.10. The summed E-state index contributed by atoms with van der Waals surface area (Å²) in [6, 6.07) is 10.4. The van der Waals surface area contributed by atoms with Crippen LogP contribution in [-0.4, -0.2) is 24.5 Å². The maximum absolute atomic E-state index is 4.24. The molecule has 0 amide bonds. The van der Waals surface area contributed by atoms with Crippen molar-refractivity contribution < 1.29 is 0 Å². The Morgan fingerprint density at radius 1 is 1.24 bits per heavy atom. The van der Waals surface area contributed by atoms with E-state index in [9.17, 15) is 0 Å². The zero-order chi connectivity index (χ0) is 14.2. The summed E-state index contributed by atoms with van der Waals surface area (Å²) in [6.45, 7) is 3.66. The number of nitrogens with zero attached hydrogens (tertiary/aromatic N) is 2. The van der Waals surface area contributed by atoms with Gasteiger partial charge in [0.15, 0.2) is 5.96 Å².